The largest absolute Gasteiger partial charge is 0.477 e. The summed E-state index contributed by atoms with van der Waals surface area (Å²) in [6.45, 7) is 0.748. The van der Waals surface area contributed by atoms with Crippen LogP contribution < -0.4 is 5.32 Å². The van der Waals surface area contributed by atoms with E-state index < -0.39 is 5.97 Å². The summed E-state index contributed by atoms with van der Waals surface area (Å²) in [6.07, 6.45) is 2.36. The standard InChI is InChI=1S/C11H11N3O2S/c15-11(16)10-2-1-8(5-13-10)12-4-3-9-6-17-7-14-9/h1-2,5-7,12H,3-4H2,(H,15,16). The summed E-state index contributed by atoms with van der Waals surface area (Å²) >= 11 is 1.57. The molecule has 2 aromatic rings. The van der Waals surface area contributed by atoms with E-state index in [0.717, 1.165) is 24.3 Å². The molecule has 17 heavy (non-hydrogen) atoms. The molecule has 0 spiro atoms. The van der Waals surface area contributed by atoms with Gasteiger partial charge in [-0.25, -0.2) is 14.8 Å². The molecular weight excluding hydrogens is 238 g/mol. The molecule has 0 aromatic carbocycles. The lowest BCUT2D eigenvalue weighted by atomic mass is 10.3. The maximum Gasteiger partial charge on any atom is 0.354 e. The lowest BCUT2D eigenvalue weighted by Gasteiger charge is -2.04. The highest BCUT2D eigenvalue weighted by atomic mass is 32.1. The fraction of sp³-hybridized carbons (Fsp3) is 0.182. The first-order valence-corrected chi connectivity index (χ1v) is 6.00. The molecule has 0 aliphatic rings. The van der Waals surface area contributed by atoms with Gasteiger partial charge in [0, 0.05) is 18.3 Å². The first-order valence-electron chi connectivity index (χ1n) is 5.06. The van der Waals surface area contributed by atoms with Crippen LogP contribution in [0.3, 0.4) is 0 Å². The molecule has 6 heteroatoms. The highest BCUT2D eigenvalue weighted by Gasteiger charge is 2.03. The Bertz CT molecular complexity index is 482. The second-order valence-corrected chi connectivity index (χ2v) is 4.11. The van der Waals surface area contributed by atoms with E-state index in [9.17, 15) is 4.79 Å². The summed E-state index contributed by atoms with van der Waals surface area (Å²) in [7, 11) is 0. The minimum Gasteiger partial charge on any atom is -0.477 e. The molecule has 0 saturated heterocycles. The van der Waals surface area contributed by atoms with Gasteiger partial charge in [0.15, 0.2) is 0 Å². The summed E-state index contributed by atoms with van der Waals surface area (Å²) in [5, 5.41) is 13.9. The number of nitrogens with zero attached hydrogens (tertiary/aromatic N) is 2. The van der Waals surface area contributed by atoms with Crippen molar-refractivity contribution in [2.75, 3.05) is 11.9 Å². The fourth-order valence-corrected chi connectivity index (χ4v) is 1.91. The number of aromatic nitrogens is 2. The molecule has 0 bridgehead atoms. The SMILES string of the molecule is O=C(O)c1ccc(NCCc2cscn2)cn1. The van der Waals surface area contributed by atoms with Crippen molar-refractivity contribution in [2.45, 2.75) is 6.42 Å². The zero-order valence-corrected chi connectivity index (χ0v) is 9.78. The number of thiazole rings is 1. The number of pyridine rings is 1. The summed E-state index contributed by atoms with van der Waals surface area (Å²) in [5.41, 5.74) is 3.72. The fourth-order valence-electron chi connectivity index (χ4n) is 1.32. The zero-order valence-electron chi connectivity index (χ0n) is 8.96. The summed E-state index contributed by atoms with van der Waals surface area (Å²) in [6, 6.07) is 3.19. The monoisotopic (exact) mass is 249 g/mol. The van der Waals surface area contributed by atoms with Gasteiger partial charge in [-0.15, -0.1) is 11.3 Å². The molecule has 2 heterocycles. The van der Waals surface area contributed by atoms with Crippen molar-refractivity contribution in [3.63, 3.8) is 0 Å². The van der Waals surface area contributed by atoms with Gasteiger partial charge >= 0.3 is 5.97 Å². The average molecular weight is 249 g/mol. The van der Waals surface area contributed by atoms with Gasteiger partial charge in [0.1, 0.15) is 5.69 Å². The van der Waals surface area contributed by atoms with Crippen LogP contribution in [0.15, 0.2) is 29.2 Å². The number of aromatic carboxylic acids is 1. The van der Waals surface area contributed by atoms with Gasteiger partial charge in [-0.1, -0.05) is 0 Å². The van der Waals surface area contributed by atoms with E-state index in [1.807, 2.05) is 5.38 Å². The third-order valence-electron chi connectivity index (χ3n) is 2.18. The van der Waals surface area contributed by atoms with Crippen molar-refractivity contribution >= 4 is 23.0 Å². The smallest absolute Gasteiger partial charge is 0.354 e. The molecule has 0 aliphatic carbocycles. The van der Waals surface area contributed by atoms with Gasteiger partial charge in [-0.2, -0.15) is 0 Å². The van der Waals surface area contributed by atoms with Crippen molar-refractivity contribution in [3.8, 4) is 0 Å². The minimum atomic E-state index is -1.01. The van der Waals surface area contributed by atoms with E-state index in [-0.39, 0.29) is 5.69 Å². The summed E-state index contributed by atoms with van der Waals surface area (Å²) in [4.78, 5) is 18.6. The predicted molar refractivity (Wildman–Crippen MR) is 65.5 cm³/mol. The van der Waals surface area contributed by atoms with Crippen LogP contribution in [0.2, 0.25) is 0 Å². The van der Waals surface area contributed by atoms with Crippen molar-refractivity contribution < 1.29 is 9.90 Å². The van der Waals surface area contributed by atoms with Gasteiger partial charge in [0.2, 0.25) is 0 Å². The van der Waals surface area contributed by atoms with Gasteiger partial charge in [-0.05, 0) is 12.1 Å². The second kappa shape index (κ2) is 5.40. The van der Waals surface area contributed by atoms with Gasteiger partial charge in [0.05, 0.1) is 23.1 Å². The van der Waals surface area contributed by atoms with Crippen LogP contribution in [0.1, 0.15) is 16.2 Å². The predicted octanol–water partition coefficient (Wildman–Crippen LogP) is 1.89. The molecular formula is C11H11N3O2S. The quantitative estimate of drug-likeness (QED) is 0.846. The first kappa shape index (κ1) is 11.5. The molecule has 2 N–H and O–H groups in total. The Balaban J connectivity index is 1.85. The Morgan fingerprint density at radius 1 is 1.41 bits per heavy atom. The molecule has 0 amide bonds. The Labute approximate surface area is 102 Å². The average Bonchev–Trinajstić information content (AvgIpc) is 2.83. The Kier molecular flexibility index (Phi) is 3.66. The number of nitrogens with one attached hydrogen (secondary N) is 1. The van der Waals surface area contributed by atoms with Crippen LogP contribution in [-0.2, 0) is 6.42 Å². The molecule has 2 rings (SSSR count). The summed E-state index contributed by atoms with van der Waals surface area (Å²) in [5.74, 6) is -1.01. The van der Waals surface area contributed by atoms with Crippen LogP contribution in [0, 0.1) is 0 Å². The molecule has 2 aromatic heterocycles. The number of carboxylic acid groups (broad SMARTS) is 1. The van der Waals surface area contributed by atoms with Crippen LogP contribution in [0.4, 0.5) is 5.69 Å². The van der Waals surface area contributed by atoms with E-state index in [4.69, 9.17) is 5.11 Å². The lowest BCUT2D eigenvalue weighted by Crippen LogP contribution is -2.06. The molecule has 0 aliphatic heterocycles. The zero-order chi connectivity index (χ0) is 12.1. The summed E-state index contributed by atoms with van der Waals surface area (Å²) < 4.78 is 0. The van der Waals surface area contributed by atoms with E-state index in [0.29, 0.717) is 0 Å². The number of anilines is 1. The van der Waals surface area contributed by atoms with E-state index >= 15 is 0 Å². The maximum absolute atomic E-state index is 10.6. The highest BCUT2D eigenvalue weighted by molar-refractivity contribution is 7.07. The molecule has 0 saturated carbocycles. The third kappa shape index (κ3) is 3.25. The normalized spacial score (nSPS) is 10.1. The molecule has 0 atom stereocenters. The third-order valence-corrected chi connectivity index (χ3v) is 2.81. The molecule has 0 radical (unpaired) electrons. The van der Waals surface area contributed by atoms with Crippen LogP contribution in [0.25, 0.3) is 0 Å². The molecule has 5 nitrogen and oxygen atoms in total. The Hall–Kier alpha value is -1.95. The van der Waals surface area contributed by atoms with Crippen molar-refractivity contribution in [1.29, 1.82) is 0 Å². The molecule has 0 fully saturated rings. The van der Waals surface area contributed by atoms with Crippen LogP contribution in [-0.4, -0.2) is 27.6 Å². The van der Waals surface area contributed by atoms with E-state index in [2.05, 4.69) is 15.3 Å². The first-order chi connectivity index (χ1) is 8.25. The van der Waals surface area contributed by atoms with Gasteiger partial charge in [-0.3, -0.25) is 0 Å². The van der Waals surface area contributed by atoms with Crippen LogP contribution in [0.5, 0.6) is 0 Å². The molecule has 88 valence electrons. The van der Waals surface area contributed by atoms with E-state index in [1.165, 1.54) is 12.3 Å². The topological polar surface area (TPSA) is 75.1 Å². The van der Waals surface area contributed by atoms with Crippen LogP contribution >= 0.6 is 11.3 Å². The van der Waals surface area contributed by atoms with Crippen molar-refractivity contribution in [1.82, 2.24) is 9.97 Å². The number of hydrogen-bond acceptors (Lipinski definition) is 5. The number of carbonyl (C=O) groups is 1. The number of carboxylic acids is 1. The maximum atomic E-state index is 10.6. The Morgan fingerprint density at radius 3 is 2.88 bits per heavy atom. The number of rotatable bonds is 5. The Morgan fingerprint density at radius 2 is 2.29 bits per heavy atom. The number of hydrogen-bond donors (Lipinski definition) is 2. The van der Waals surface area contributed by atoms with Crippen molar-refractivity contribution in [3.05, 3.63) is 40.6 Å². The van der Waals surface area contributed by atoms with E-state index in [1.54, 1.807) is 22.9 Å². The lowest BCUT2D eigenvalue weighted by molar-refractivity contribution is 0.0690. The van der Waals surface area contributed by atoms with Crippen molar-refractivity contribution in [2.24, 2.45) is 0 Å². The highest BCUT2D eigenvalue weighted by Crippen LogP contribution is 2.07. The second-order valence-electron chi connectivity index (χ2n) is 3.39. The van der Waals surface area contributed by atoms with Gasteiger partial charge < -0.3 is 10.4 Å². The van der Waals surface area contributed by atoms with Gasteiger partial charge in [0.25, 0.3) is 0 Å². The minimum absolute atomic E-state index is 0.0510. The molecule has 0 unspecified atom stereocenters.